The van der Waals surface area contributed by atoms with Gasteiger partial charge in [-0.15, -0.1) is 11.3 Å². The number of hydrogen-bond donors (Lipinski definition) is 0. The average Bonchev–Trinajstić information content (AvgIpc) is 3.20. The number of piperazine rings is 1. The lowest BCUT2D eigenvalue weighted by Gasteiger charge is -2.36. The molecule has 0 atom stereocenters. The highest BCUT2D eigenvalue weighted by molar-refractivity contribution is 7.17. The van der Waals surface area contributed by atoms with E-state index in [1.54, 1.807) is 11.3 Å². The fourth-order valence-electron chi connectivity index (χ4n) is 4.17. The van der Waals surface area contributed by atoms with Gasteiger partial charge in [0.1, 0.15) is 12.4 Å². The van der Waals surface area contributed by atoms with Gasteiger partial charge in [-0.1, -0.05) is 24.3 Å². The Morgan fingerprint density at radius 2 is 1.79 bits per heavy atom. The van der Waals surface area contributed by atoms with E-state index in [4.69, 9.17) is 4.74 Å². The van der Waals surface area contributed by atoms with Crippen molar-refractivity contribution < 1.29 is 9.53 Å². The standard InChI is InChI=1S/C24H24N2O2S/c1-16-7-8-17(2)20(13-16)25-9-11-26(12-10-25)24(27)22-14-18-15-28-21-6-4-3-5-19(21)23(18)29-22/h3-8,13-14H,9-12,15H2,1-2H3. The fraction of sp³-hybridized carbons (Fsp3) is 0.292. The quantitative estimate of drug-likeness (QED) is 0.610. The second-order valence-electron chi connectivity index (χ2n) is 7.82. The molecule has 5 rings (SSSR count). The van der Waals surface area contributed by atoms with E-state index in [9.17, 15) is 4.79 Å². The first-order valence-electron chi connectivity index (χ1n) is 10.1. The minimum Gasteiger partial charge on any atom is -0.488 e. The molecule has 0 spiro atoms. The number of amides is 1. The summed E-state index contributed by atoms with van der Waals surface area (Å²) in [5.74, 6) is 1.05. The van der Waals surface area contributed by atoms with Gasteiger partial charge in [0.05, 0.1) is 4.88 Å². The van der Waals surface area contributed by atoms with Crippen LogP contribution in [0, 0.1) is 13.8 Å². The molecule has 0 bridgehead atoms. The summed E-state index contributed by atoms with van der Waals surface area (Å²) in [4.78, 5) is 19.5. The van der Waals surface area contributed by atoms with Crippen LogP contribution in [-0.4, -0.2) is 37.0 Å². The highest BCUT2D eigenvalue weighted by atomic mass is 32.1. The Hall–Kier alpha value is -2.79. The van der Waals surface area contributed by atoms with Crippen LogP contribution in [0.2, 0.25) is 0 Å². The predicted octanol–water partition coefficient (Wildman–Crippen LogP) is 4.89. The van der Waals surface area contributed by atoms with Crippen LogP contribution in [0.15, 0.2) is 48.5 Å². The van der Waals surface area contributed by atoms with Gasteiger partial charge in [-0.3, -0.25) is 4.79 Å². The summed E-state index contributed by atoms with van der Waals surface area (Å²) < 4.78 is 5.85. The fourth-order valence-corrected chi connectivity index (χ4v) is 5.34. The lowest BCUT2D eigenvalue weighted by Crippen LogP contribution is -2.48. The smallest absolute Gasteiger partial charge is 0.264 e. The Kier molecular flexibility index (Phi) is 4.55. The number of hydrogen-bond acceptors (Lipinski definition) is 4. The molecule has 2 aliphatic rings. The molecule has 0 unspecified atom stereocenters. The summed E-state index contributed by atoms with van der Waals surface area (Å²) in [6.07, 6.45) is 0. The molecule has 4 nitrogen and oxygen atoms in total. The number of ether oxygens (including phenoxy) is 1. The number of fused-ring (bicyclic) bond motifs is 3. The summed E-state index contributed by atoms with van der Waals surface area (Å²) in [6.45, 7) is 8.06. The van der Waals surface area contributed by atoms with E-state index in [-0.39, 0.29) is 5.91 Å². The average molecular weight is 405 g/mol. The van der Waals surface area contributed by atoms with Crippen molar-refractivity contribution in [3.8, 4) is 16.2 Å². The van der Waals surface area contributed by atoms with Crippen molar-refractivity contribution in [2.75, 3.05) is 31.1 Å². The van der Waals surface area contributed by atoms with Crippen LogP contribution < -0.4 is 9.64 Å². The third-order valence-electron chi connectivity index (χ3n) is 5.81. The summed E-state index contributed by atoms with van der Waals surface area (Å²) in [6, 6.07) is 16.7. The molecule has 3 aromatic rings. The number of carbonyl (C=O) groups is 1. The molecule has 0 N–H and O–H groups in total. The van der Waals surface area contributed by atoms with Crippen LogP contribution in [-0.2, 0) is 6.61 Å². The highest BCUT2D eigenvalue weighted by Gasteiger charge is 2.27. The van der Waals surface area contributed by atoms with Gasteiger partial charge in [-0.25, -0.2) is 0 Å². The van der Waals surface area contributed by atoms with Gasteiger partial charge in [-0.05, 0) is 49.2 Å². The van der Waals surface area contributed by atoms with Crippen LogP contribution in [0.25, 0.3) is 10.4 Å². The molecule has 0 radical (unpaired) electrons. The number of rotatable bonds is 2. The van der Waals surface area contributed by atoms with Gasteiger partial charge in [0, 0.05) is 47.9 Å². The molecule has 29 heavy (non-hydrogen) atoms. The second-order valence-corrected chi connectivity index (χ2v) is 8.87. The van der Waals surface area contributed by atoms with E-state index in [2.05, 4.69) is 43.0 Å². The topological polar surface area (TPSA) is 32.8 Å². The van der Waals surface area contributed by atoms with Crippen LogP contribution in [0.5, 0.6) is 5.75 Å². The van der Waals surface area contributed by atoms with Gasteiger partial charge in [-0.2, -0.15) is 0 Å². The van der Waals surface area contributed by atoms with Gasteiger partial charge in [0.15, 0.2) is 0 Å². The van der Waals surface area contributed by atoms with E-state index >= 15 is 0 Å². The maximum Gasteiger partial charge on any atom is 0.264 e. The zero-order valence-electron chi connectivity index (χ0n) is 16.8. The van der Waals surface area contributed by atoms with Crippen molar-refractivity contribution >= 4 is 22.9 Å². The Labute approximate surface area is 175 Å². The molecule has 1 amide bonds. The van der Waals surface area contributed by atoms with Gasteiger partial charge < -0.3 is 14.5 Å². The number of thiophene rings is 1. The molecule has 1 aromatic heterocycles. The molecule has 0 aliphatic carbocycles. The Balaban J connectivity index is 1.32. The molecule has 2 aromatic carbocycles. The Morgan fingerprint density at radius 1 is 1.00 bits per heavy atom. The molecule has 3 heterocycles. The van der Waals surface area contributed by atoms with E-state index in [0.29, 0.717) is 6.61 Å². The first-order chi connectivity index (χ1) is 14.1. The van der Waals surface area contributed by atoms with Gasteiger partial charge in [0.2, 0.25) is 0 Å². The largest absolute Gasteiger partial charge is 0.488 e. The highest BCUT2D eigenvalue weighted by Crippen LogP contribution is 2.42. The van der Waals surface area contributed by atoms with Crippen LogP contribution in [0.3, 0.4) is 0 Å². The van der Waals surface area contributed by atoms with Crippen molar-refractivity contribution in [2.24, 2.45) is 0 Å². The van der Waals surface area contributed by atoms with Crippen molar-refractivity contribution in [3.05, 3.63) is 70.1 Å². The zero-order valence-corrected chi connectivity index (χ0v) is 17.6. The van der Waals surface area contributed by atoms with E-state index < -0.39 is 0 Å². The minimum atomic E-state index is 0.141. The molecule has 0 saturated carbocycles. The van der Waals surface area contributed by atoms with Crippen molar-refractivity contribution in [1.82, 2.24) is 4.90 Å². The second kappa shape index (κ2) is 7.23. The molecule has 5 heteroatoms. The lowest BCUT2D eigenvalue weighted by molar-refractivity contribution is 0.0751. The summed E-state index contributed by atoms with van der Waals surface area (Å²) >= 11 is 1.60. The molecule has 1 fully saturated rings. The SMILES string of the molecule is Cc1ccc(C)c(N2CCN(C(=O)c3cc4c(s3)-c3ccccc3OC4)CC2)c1. The van der Waals surface area contributed by atoms with Gasteiger partial charge >= 0.3 is 0 Å². The lowest BCUT2D eigenvalue weighted by atomic mass is 10.1. The monoisotopic (exact) mass is 404 g/mol. The maximum absolute atomic E-state index is 13.2. The van der Waals surface area contributed by atoms with Crippen LogP contribution in [0.4, 0.5) is 5.69 Å². The number of benzene rings is 2. The van der Waals surface area contributed by atoms with Crippen molar-refractivity contribution in [1.29, 1.82) is 0 Å². The van der Waals surface area contributed by atoms with E-state index in [1.165, 1.54) is 21.7 Å². The van der Waals surface area contributed by atoms with Crippen molar-refractivity contribution in [2.45, 2.75) is 20.5 Å². The zero-order chi connectivity index (χ0) is 20.0. The maximum atomic E-state index is 13.2. The minimum absolute atomic E-state index is 0.141. The molecule has 2 aliphatic heterocycles. The normalized spacial score (nSPS) is 15.5. The third-order valence-corrected chi connectivity index (χ3v) is 7.01. The number of aryl methyl sites for hydroxylation is 2. The van der Waals surface area contributed by atoms with Crippen LogP contribution in [0.1, 0.15) is 26.4 Å². The summed E-state index contributed by atoms with van der Waals surface area (Å²) in [5, 5.41) is 0. The first-order valence-corrected chi connectivity index (χ1v) is 10.9. The third kappa shape index (κ3) is 3.29. The number of carbonyl (C=O) groups excluding carboxylic acids is 1. The Bertz CT molecular complexity index is 1080. The molecule has 148 valence electrons. The predicted molar refractivity (Wildman–Crippen MR) is 118 cm³/mol. The first kappa shape index (κ1) is 18.3. The summed E-state index contributed by atoms with van der Waals surface area (Å²) in [5.41, 5.74) is 6.07. The van der Waals surface area contributed by atoms with Gasteiger partial charge in [0.25, 0.3) is 5.91 Å². The number of para-hydroxylation sites is 1. The molecular weight excluding hydrogens is 380 g/mol. The molecule has 1 saturated heterocycles. The number of anilines is 1. The van der Waals surface area contributed by atoms with Crippen LogP contribution >= 0.6 is 11.3 Å². The summed E-state index contributed by atoms with van der Waals surface area (Å²) in [7, 11) is 0. The number of nitrogens with zero attached hydrogens (tertiary/aromatic N) is 2. The molecular formula is C24H24N2O2S. The van der Waals surface area contributed by atoms with E-state index in [1.807, 2.05) is 29.2 Å². The Morgan fingerprint density at radius 3 is 2.62 bits per heavy atom. The van der Waals surface area contributed by atoms with E-state index in [0.717, 1.165) is 47.9 Å². The van der Waals surface area contributed by atoms with Crippen molar-refractivity contribution in [3.63, 3.8) is 0 Å².